The molecule has 0 aliphatic rings. The van der Waals surface area contributed by atoms with E-state index in [1.807, 2.05) is 43.3 Å². The number of amides is 1. The summed E-state index contributed by atoms with van der Waals surface area (Å²) in [5.41, 5.74) is 2.63. The van der Waals surface area contributed by atoms with E-state index in [1.54, 1.807) is 6.20 Å². The summed E-state index contributed by atoms with van der Waals surface area (Å²) >= 11 is 0. The maximum atomic E-state index is 12.4. The zero-order valence-corrected chi connectivity index (χ0v) is 15.4. The lowest BCUT2D eigenvalue weighted by Crippen LogP contribution is -2.35. The van der Waals surface area contributed by atoms with Crippen LogP contribution >= 0.6 is 0 Å². The molecule has 7 heteroatoms. The van der Waals surface area contributed by atoms with Gasteiger partial charge in [0.05, 0.1) is 29.7 Å². The van der Waals surface area contributed by atoms with Crippen molar-refractivity contribution >= 4 is 11.6 Å². The Bertz CT molecular complexity index is 700. The van der Waals surface area contributed by atoms with Crippen molar-refractivity contribution in [1.82, 2.24) is 24.6 Å². The molecule has 0 aliphatic carbocycles. The molecule has 0 radical (unpaired) electrons. The molecule has 0 saturated heterocycles. The standard InChI is InChI=1S/C17H28N6O/c1-7-23-13(5)16(12(4)21-23)20-14(24)10-19-15(11(2)3)17-18-8-9-22(17)6/h8-9,11,15,19H,7,10H2,1-6H3,(H,20,24). The smallest absolute Gasteiger partial charge is 0.238 e. The van der Waals surface area contributed by atoms with Crippen LogP contribution in [-0.2, 0) is 18.4 Å². The average Bonchev–Trinajstić information content (AvgIpc) is 3.05. The highest BCUT2D eigenvalue weighted by Crippen LogP contribution is 2.21. The number of carbonyl (C=O) groups is 1. The van der Waals surface area contributed by atoms with Crippen LogP contribution in [-0.4, -0.2) is 31.8 Å². The molecule has 0 spiro atoms. The maximum absolute atomic E-state index is 12.4. The summed E-state index contributed by atoms with van der Waals surface area (Å²) in [5, 5.41) is 10.7. The van der Waals surface area contributed by atoms with Crippen molar-refractivity contribution in [2.45, 2.75) is 47.2 Å². The first kappa shape index (κ1) is 18.2. The third-order valence-corrected chi connectivity index (χ3v) is 4.23. The van der Waals surface area contributed by atoms with E-state index in [9.17, 15) is 4.79 Å². The Hall–Kier alpha value is -2.15. The van der Waals surface area contributed by atoms with Crippen LogP contribution in [0.1, 0.15) is 44.0 Å². The number of nitrogens with zero attached hydrogens (tertiary/aromatic N) is 4. The lowest BCUT2D eigenvalue weighted by molar-refractivity contribution is -0.115. The first-order valence-corrected chi connectivity index (χ1v) is 8.39. The van der Waals surface area contributed by atoms with Gasteiger partial charge >= 0.3 is 0 Å². The van der Waals surface area contributed by atoms with Gasteiger partial charge < -0.3 is 9.88 Å². The normalized spacial score (nSPS) is 12.6. The van der Waals surface area contributed by atoms with E-state index < -0.39 is 0 Å². The number of imidazole rings is 1. The minimum absolute atomic E-state index is 0.0244. The minimum atomic E-state index is -0.0725. The maximum Gasteiger partial charge on any atom is 0.238 e. The monoisotopic (exact) mass is 332 g/mol. The van der Waals surface area contributed by atoms with Crippen molar-refractivity contribution in [3.63, 3.8) is 0 Å². The molecular formula is C17H28N6O. The third-order valence-electron chi connectivity index (χ3n) is 4.23. The van der Waals surface area contributed by atoms with E-state index in [0.717, 1.165) is 29.4 Å². The molecule has 0 bridgehead atoms. The molecule has 132 valence electrons. The number of hydrogen-bond acceptors (Lipinski definition) is 4. The van der Waals surface area contributed by atoms with Crippen LogP contribution in [0.3, 0.4) is 0 Å². The minimum Gasteiger partial charge on any atom is -0.337 e. The summed E-state index contributed by atoms with van der Waals surface area (Å²) in [6.45, 7) is 11.2. The summed E-state index contributed by atoms with van der Waals surface area (Å²) in [7, 11) is 1.96. The van der Waals surface area contributed by atoms with Crippen LogP contribution in [0.15, 0.2) is 12.4 Å². The highest BCUT2D eigenvalue weighted by Gasteiger charge is 2.21. The Kier molecular flexibility index (Phi) is 5.77. The molecular weight excluding hydrogens is 304 g/mol. The summed E-state index contributed by atoms with van der Waals surface area (Å²) in [5.74, 6) is 1.19. The Labute approximate surface area is 143 Å². The van der Waals surface area contributed by atoms with Crippen LogP contribution in [0.5, 0.6) is 0 Å². The van der Waals surface area contributed by atoms with E-state index in [2.05, 4.69) is 34.6 Å². The topological polar surface area (TPSA) is 76.8 Å². The Morgan fingerprint density at radius 1 is 1.33 bits per heavy atom. The number of rotatable bonds is 7. The fourth-order valence-electron chi connectivity index (χ4n) is 2.87. The number of anilines is 1. The van der Waals surface area contributed by atoms with Crippen molar-refractivity contribution < 1.29 is 4.79 Å². The second kappa shape index (κ2) is 7.61. The number of aryl methyl sites for hydroxylation is 3. The first-order chi connectivity index (χ1) is 11.3. The number of hydrogen-bond donors (Lipinski definition) is 2. The molecule has 2 aromatic rings. The van der Waals surface area contributed by atoms with E-state index in [1.165, 1.54) is 0 Å². The predicted octanol–water partition coefficient (Wildman–Crippen LogP) is 2.18. The van der Waals surface area contributed by atoms with Gasteiger partial charge in [0.15, 0.2) is 0 Å². The molecule has 2 aromatic heterocycles. The molecule has 0 fully saturated rings. The van der Waals surface area contributed by atoms with Crippen LogP contribution < -0.4 is 10.6 Å². The Morgan fingerprint density at radius 3 is 2.54 bits per heavy atom. The van der Waals surface area contributed by atoms with E-state index in [-0.39, 0.29) is 18.5 Å². The van der Waals surface area contributed by atoms with E-state index in [0.29, 0.717) is 5.92 Å². The molecule has 2 heterocycles. The van der Waals surface area contributed by atoms with Gasteiger partial charge in [-0.25, -0.2) is 4.98 Å². The molecule has 0 aliphatic heterocycles. The van der Waals surface area contributed by atoms with Crippen molar-refractivity contribution in [2.75, 3.05) is 11.9 Å². The number of nitrogens with one attached hydrogen (secondary N) is 2. The summed E-state index contributed by atoms with van der Waals surface area (Å²) in [6.07, 6.45) is 3.69. The molecule has 1 atom stereocenters. The van der Waals surface area contributed by atoms with E-state index >= 15 is 0 Å². The van der Waals surface area contributed by atoms with E-state index in [4.69, 9.17) is 0 Å². The fraction of sp³-hybridized carbons (Fsp3) is 0.588. The van der Waals surface area contributed by atoms with Gasteiger partial charge in [0.2, 0.25) is 5.91 Å². The van der Waals surface area contributed by atoms with Gasteiger partial charge in [-0.15, -0.1) is 0 Å². The molecule has 0 aromatic carbocycles. The molecule has 0 saturated carbocycles. The fourth-order valence-corrected chi connectivity index (χ4v) is 2.87. The molecule has 1 unspecified atom stereocenters. The van der Waals surface area contributed by atoms with Crippen molar-refractivity contribution in [2.24, 2.45) is 13.0 Å². The zero-order chi connectivity index (χ0) is 17.9. The Morgan fingerprint density at radius 2 is 2.04 bits per heavy atom. The largest absolute Gasteiger partial charge is 0.337 e. The third kappa shape index (κ3) is 3.84. The average molecular weight is 332 g/mol. The lowest BCUT2D eigenvalue weighted by Gasteiger charge is -2.22. The first-order valence-electron chi connectivity index (χ1n) is 8.39. The van der Waals surface area contributed by atoms with Gasteiger partial charge in [-0.3, -0.25) is 14.8 Å². The zero-order valence-electron chi connectivity index (χ0n) is 15.4. The molecule has 24 heavy (non-hydrogen) atoms. The second-order valence-corrected chi connectivity index (χ2v) is 6.41. The lowest BCUT2D eigenvalue weighted by atomic mass is 10.0. The van der Waals surface area contributed by atoms with Crippen LogP contribution in [0, 0.1) is 19.8 Å². The van der Waals surface area contributed by atoms with Gasteiger partial charge in [-0.05, 0) is 26.7 Å². The van der Waals surface area contributed by atoms with Crippen LogP contribution in [0.25, 0.3) is 0 Å². The number of aromatic nitrogens is 4. The SMILES string of the molecule is CCn1nc(C)c(NC(=O)CNC(c2nccn2C)C(C)C)c1C. The van der Waals surface area contributed by atoms with Crippen LogP contribution in [0.4, 0.5) is 5.69 Å². The van der Waals surface area contributed by atoms with Crippen molar-refractivity contribution in [3.8, 4) is 0 Å². The van der Waals surface area contributed by atoms with Gasteiger partial charge in [0, 0.05) is 26.0 Å². The summed E-state index contributed by atoms with van der Waals surface area (Å²) in [4.78, 5) is 16.8. The quantitative estimate of drug-likeness (QED) is 0.815. The predicted molar refractivity (Wildman–Crippen MR) is 94.8 cm³/mol. The number of carbonyl (C=O) groups excluding carboxylic acids is 1. The van der Waals surface area contributed by atoms with Gasteiger partial charge in [-0.2, -0.15) is 5.10 Å². The van der Waals surface area contributed by atoms with Crippen molar-refractivity contribution in [1.29, 1.82) is 0 Å². The highest BCUT2D eigenvalue weighted by atomic mass is 16.1. The summed E-state index contributed by atoms with van der Waals surface area (Å²) < 4.78 is 3.87. The molecule has 7 nitrogen and oxygen atoms in total. The van der Waals surface area contributed by atoms with Crippen molar-refractivity contribution in [3.05, 3.63) is 29.6 Å². The second-order valence-electron chi connectivity index (χ2n) is 6.41. The molecule has 1 amide bonds. The molecule has 2 rings (SSSR count). The van der Waals surface area contributed by atoms with Gasteiger partial charge in [0.25, 0.3) is 0 Å². The van der Waals surface area contributed by atoms with Crippen LogP contribution in [0.2, 0.25) is 0 Å². The Balaban J connectivity index is 2.02. The highest BCUT2D eigenvalue weighted by molar-refractivity contribution is 5.93. The van der Waals surface area contributed by atoms with Gasteiger partial charge in [-0.1, -0.05) is 13.8 Å². The summed E-state index contributed by atoms with van der Waals surface area (Å²) in [6, 6.07) is 0.0244. The molecule has 2 N–H and O–H groups in total. The van der Waals surface area contributed by atoms with Gasteiger partial charge in [0.1, 0.15) is 5.82 Å².